The average Bonchev–Trinajstić information content (AvgIpc) is 3.16. The van der Waals surface area contributed by atoms with Gasteiger partial charge in [0.05, 0.1) is 19.8 Å². The lowest BCUT2D eigenvalue weighted by atomic mass is 9.85. The fourth-order valence-electron chi connectivity index (χ4n) is 5.50. The molecule has 1 N–H and O–H groups in total. The van der Waals surface area contributed by atoms with E-state index in [1.165, 1.54) is 32.1 Å². The molecule has 2 saturated heterocycles. The van der Waals surface area contributed by atoms with Crippen molar-refractivity contribution in [2.24, 2.45) is 5.92 Å². The molecule has 0 aromatic carbocycles. The predicted molar refractivity (Wildman–Crippen MR) is 91.6 cm³/mol. The van der Waals surface area contributed by atoms with Crippen LogP contribution in [0.25, 0.3) is 0 Å². The Hall–Kier alpha value is -0.650. The molecule has 2 saturated carbocycles. The molecule has 4 aliphatic rings. The summed E-state index contributed by atoms with van der Waals surface area (Å²) in [5, 5.41) is 3.28. The molecule has 1 amide bonds. The molecule has 2 aliphatic carbocycles. The van der Waals surface area contributed by atoms with Crippen LogP contribution < -0.4 is 5.32 Å². The molecule has 5 nitrogen and oxygen atoms in total. The fraction of sp³-hybridized carbons (Fsp3) is 0.947. The highest BCUT2D eigenvalue weighted by Gasteiger charge is 2.42. The van der Waals surface area contributed by atoms with E-state index in [0.29, 0.717) is 31.8 Å². The van der Waals surface area contributed by atoms with Crippen LogP contribution in [0.4, 0.5) is 0 Å². The minimum Gasteiger partial charge on any atom is -0.352 e. The first-order chi connectivity index (χ1) is 11.7. The summed E-state index contributed by atoms with van der Waals surface area (Å²) in [7, 11) is 0. The minimum atomic E-state index is -0.333. The van der Waals surface area contributed by atoms with Crippen LogP contribution in [0.3, 0.4) is 0 Å². The van der Waals surface area contributed by atoms with Gasteiger partial charge in [-0.15, -0.1) is 0 Å². The topological polar surface area (TPSA) is 50.8 Å². The number of likely N-dealkylation sites (tertiary alicyclic amines) is 1. The third-order valence-electron chi connectivity index (χ3n) is 6.76. The Bertz CT molecular complexity index is 454. The molecule has 2 heterocycles. The SMILES string of the molecule is C[C@@H]1C[C@H]2CCCC[C@@H]2N1CC(=O)NC1CCC2(CC1)OCCO2. The summed E-state index contributed by atoms with van der Waals surface area (Å²) >= 11 is 0. The van der Waals surface area contributed by atoms with Crippen molar-refractivity contribution in [3.05, 3.63) is 0 Å². The van der Waals surface area contributed by atoms with Crippen LogP contribution in [0.2, 0.25) is 0 Å². The predicted octanol–water partition coefficient (Wildman–Crippen LogP) is 2.44. The second-order valence-electron chi connectivity index (χ2n) is 8.32. The standard InChI is InChI=1S/C19H32N2O3/c1-14-12-15-4-2-3-5-17(15)21(14)13-18(22)20-16-6-8-19(9-7-16)23-10-11-24-19/h14-17H,2-13H2,1H3,(H,20,22)/t14-,15-,17+/m1/s1. The van der Waals surface area contributed by atoms with Crippen LogP contribution in [0.15, 0.2) is 0 Å². The fourth-order valence-corrected chi connectivity index (χ4v) is 5.50. The summed E-state index contributed by atoms with van der Waals surface area (Å²) in [5.41, 5.74) is 0. The molecule has 0 aromatic heterocycles. The first kappa shape index (κ1) is 16.8. The number of carbonyl (C=O) groups is 1. The molecular formula is C19H32N2O3. The molecule has 0 unspecified atom stereocenters. The van der Waals surface area contributed by atoms with E-state index >= 15 is 0 Å². The normalized spacial score (nSPS) is 36.8. The van der Waals surface area contributed by atoms with Gasteiger partial charge in [0.2, 0.25) is 5.91 Å². The highest BCUT2D eigenvalue weighted by molar-refractivity contribution is 5.78. The highest BCUT2D eigenvalue weighted by Crippen LogP contribution is 2.39. The summed E-state index contributed by atoms with van der Waals surface area (Å²) in [5.74, 6) is 0.704. The zero-order chi connectivity index (χ0) is 16.6. The second-order valence-corrected chi connectivity index (χ2v) is 8.32. The zero-order valence-electron chi connectivity index (χ0n) is 15.0. The maximum Gasteiger partial charge on any atom is 0.234 e. The van der Waals surface area contributed by atoms with Crippen molar-refractivity contribution in [2.45, 2.75) is 88.6 Å². The minimum absolute atomic E-state index is 0.210. The van der Waals surface area contributed by atoms with Crippen LogP contribution in [-0.4, -0.2) is 54.5 Å². The second kappa shape index (κ2) is 6.93. The molecule has 0 bridgehead atoms. The van der Waals surface area contributed by atoms with Crippen LogP contribution in [0, 0.1) is 5.92 Å². The van der Waals surface area contributed by atoms with Crippen molar-refractivity contribution >= 4 is 5.91 Å². The summed E-state index contributed by atoms with van der Waals surface area (Å²) in [6.07, 6.45) is 10.4. The van der Waals surface area contributed by atoms with E-state index in [2.05, 4.69) is 17.1 Å². The third-order valence-corrected chi connectivity index (χ3v) is 6.76. The van der Waals surface area contributed by atoms with Crippen molar-refractivity contribution in [3.63, 3.8) is 0 Å². The Morgan fingerprint density at radius 3 is 2.58 bits per heavy atom. The molecule has 136 valence electrons. The smallest absolute Gasteiger partial charge is 0.234 e. The van der Waals surface area contributed by atoms with Crippen molar-refractivity contribution in [3.8, 4) is 0 Å². The highest BCUT2D eigenvalue weighted by atomic mass is 16.7. The molecule has 2 aliphatic heterocycles. The van der Waals surface area contributed by atoms with Gasteiger partial charge in [-0.25, -0.2) is 0 Å². The van der Waals surface area contributed by atoms with Crippen LogP contribution in [0.1, 0.15) is 64.7 Å². The Balaban J connectivity index is 1.26. The van der Waals surface area contributed by atoms with Crippen molar-refractivity contribution in [1.29, 1.82) is 0 Å². The Morgan fingerprint density at radius 2 is 1.83 bits per heavy atom. The molecular weight excluding hydrogens is 304 g/mol. The quantitative estimate of drug-likeness (QED) is 0.860. The number of ether oxygens (including phenoxy) is 2. The van der Waals surface area contributed by atoms with Gasteiger partial charge in [0.1, 0.15) is 0 Å². The summed E-state index contributed by atoms with van der Waals surface area (Å²) in [4.78, 5) is 15.1. The van der Waals surface area contributed by atoms with Gasteiger partial charge in [0, 0.05) is 31.0 Å². The van der Waals surface area contributed by atoms with Gasteiger partial charge in [-0.2, -0.15) is 0 Å². The number of carbonyl (C=O) groups excluding carboxylic acids is 1. The molecule has 3 atom stereocenters. The molecule has 24 heavy (non-hydrogen) atoms. The number of hydrogen-bond acceptors (Lipinski definition) is 4. The third kappa shape index (κ3) is 3.35. The van der Waals surface area contributed by atoms with Gasteiger partial charge in [-0.1, -0.05) is 12.8 Å². The summed E-state index contributed by atoms with van der Waals surface area (Å²) in [6, 6.07) is 1.49. The molecule has 4 rings (SSSR count). The first-order valence-electron chi connectivity index (χ1n) is 9.98. The first-order valence-corrected chi connectivity index (χ1v) is 9.98. The maximum atomic E-state index is 12.6. The number of rotatable bonds is 3. The molecule has 0 aromatic rings. The van der Waals surface area contributed by atoms with E-state index in [9.17, 15) is 4.79 Å². The van der Waals surface area contributed by atoms with Gasteiger partial charge >= 0.3 is 0 Å². The van der Waals surface area contributed by atoms with E-state index in [-0.39, 0.29) is 17.7 Å². The van der Waals surface area contributed by atoms with Crippen molar-refractivity contribution in [2.75, 3.05) is 19.8 Å². The zero-order valence-corrected chi connectivity index (χ0v) is 15.0. The van der Waals surface area contributed by atoms with Crippen molar-refractivity contribution in [1.82, 2.24) is 10.2 Å². The van der Waals surface area contributed by atoms with Gasteiger partial charge < -0.3 is 14.8 Å². The summed E-state index contributed by atoms with van der Waals surface area (Å²) < 4.78 is 11.5. The Morgan fingerprint density at radius 1 is 1.12 bits per heavy atom. The average molecular weight is 336 g/mol. The largest absolute Gasteiger partial charge is 0.352 e. The number of nitrogens with one attached hydrogen (secondary N) is 1. The number of amides is 1. The lowest BCUT2D eigenvalue weighted by molar-refractivity contribution is -0.180. The summed E-state index contributed by atoms with van der Waals surface area (Å²) in [6.45, 7) is 4.31. The lowest BCUT2D eigenvalue weighted by Gasteiger charge is -2.36. The van der Waals surface area contributed by atoms with E-state index < -0.39 is 0 Å². The number of fused-ring (bicyclic) bond motifs is 1. The van der Waals surface area contributed by atoms with E-state index in [1.807, 2.05) is 0 Å². The van der Waals surface area contributed by atoms with Gasteiger partial charge in [0.15, 0.2) is 5.79 Å². The van der Waals surface area contributed by atoms with E-state index in [1.54, 1.807) is 0 Å². The van der Waals surface area contributed by atoms with Crippen LogP contribution in [0.5, 0.6) is 0 Å². The molecule has 4 fully saturated rings. The van der Waals surface area contributed by atoms with Gasteiger partial charge in [0.25, 0.3) is 0 Å². The van der Waals surface area contributed by atoms with Crippen LogP contribution in [-0.2, 0) is 14.3 Å². The van der Waals surface area contributed by atoms with Gasteiger partial charge in [-0.3, -0.25) is 9.69 Å². The van der Waals surface area contributed by atoms with Gasteiger partial charge in [-0.05, 0) is 44.9 Å². The van der Waals surface area contributed by atoms with E-state index in [0.717, 1.165) is 31.6 Å². The Kier molecular flexibility index (Phi) is 4.85. The molecule has 5 heteroatoms. The maximum absolute atomic E-state index is 12.6. The van der Waals surface area contributed by atoms with E-state index in [4.69, 9.17) is 9.47 Å². The lowest BCUT2D eigenvalue weighted by Crippen LogP contribution is -2.49. The number of hydrogen-bond donors (Lipinski definition) is 1. The molecule has 1 spiro atoms. The monoisotopic (exact) mass is 336 g/mol. The molecule has 0 radical (unpaired) electrons. The number of nitrogens with zero attached hydrogens (tertiary/aromatic N) is 1. The Labute approximate surface area is 145 Å². The van der Waals surface area contributed by atoms with Crippen LogP contribution >= 0.6 is 0 Å². The van der Waals surface area contributed by atoms with Crippen molar-refractivity contribution < 1.29 is 14.3 Å².